The summed E-state index contributed by atoms with van der Waals surface area (Å²) in [6.07, 6.45) is 58.2. The first kappa shape index (κ1) is 53.5. The zero-order valence-corrected chi connectivity index (χ0v) is 50.7. The minimum atomic E-state index is 0.730. The second-order valence-electron chi connectivity index (χ2n) is 30.9. The first-order valence-corrected chi connectivity index (χ1v) is 35.8. The second-order valence-corrected chi connectivity index (χ2v) is 33.2. The highest BCUT2D eigenvalue weighted by Gasteiger charge is 2.62. The fourth-order valence-electron chi connectivity index (χ4n) is 23.1. The lowest BCUT2D eigenvalue weighted by Crippen LogP contribution is -2.67. The summed E-state index contributed by atoms with van der Waals surface area (Å²) in [6, 6.07) is 5.08. The summed E-state index contributed by atoms with van der Waals surface area (Å²) in [5.74, 6) is 17.9. The van der Waals surface area contributed by atoms with Gasteiger partial charge in [0.2, 0.25) is 0 Å². The van der Waals surface area contributed by atoms with Gasteiger partial charge in [-0.05, 0) is 299 Å². The molecule has 10 atom stereocenters. The van der Waals surface area contributed by atoms with Gasteiger partial charge in [0.05, 0.1) is 0 Å². The van der Waals surface area contributed by atoms with Gasteiger partial charge in [-0.15, -0.1) is 0 Å². The number of halogens is 2. The van der Waals surface area contributed by atoms with E-state index < -0.39 is 0 Å². The van der Waals surface area contributed by atoms with Crippen molar-refractivity contribution in [2.45, 2.75) is 318 Å². The van der Waals surface area contributed by atoms with Crippen LogP contribution in [0.5, 0.6) is 0 Å². The lowest BCUT2D eigenvalue weighted by Gasteiger charge is -2.66. The van der Waals surface area contributed by atoms with Gasteiger partial charge >= 0.3 is 0 Å². The molecule has 0 spiro atoms. The summed E-state index contributed by atoms with van der Waals surface area (Å²) >= 11 is 9.45. The second kappa shape index (κ2) is 23.9. The van der Waals surface area contributed by atoms with Crippen LogP contribution in [0, 0.1) is 107 Å². The Hall–Kier alpha value is 0.880. The van der Waals surface area contributed by atoms with Crippen LogP contribution in [0.1, 0.15) is 272 Å². The highest BCUT2D eigenvalue weighted by atomic mass is 79.9. The monoisotopic (exact) mass is 1120 g/mol. The van der Waals surface area contributed by atoms with Crippen molar-refractivity contribution in [1.29, 1.82) is 0 Å². The van der Waals surface area contributed by atoms with E-state index in [1.807, 2.05) is 0 Å². The largest absolute Gasteiger partial charge is 0.294 e. The average molecular weight is 1120 g/mol. The highest BCUT2D eigenvalue weighted by Crippen LogP contribution is 2.64. The van der Waals surface area contributed by atoms with Crippen LogP contribution in [0.25, 0.3) is 0 Å². The van der Waals surface area contributed by atoms with Crippen LogP contribution in [-0.2, 0) is 0 Å². The van der Waals surface area contributed by atoms with Crippen molar-refractivity contribution in [2.24, 2.45) is 107 Å². The van der Waals surface area contributed by atoms with Crippen molar-refractivity contribution in [3.63, 3.8) is 0 Å². The number of hydrogen-bond donors (Lipinski definition) is 0. The Bertz CT molecular complexity index is 1450. The molecule has 12 saturated carbocycles. The minimum Gasteiger partial charge on any atom is -0.294 e. The molecule has 0 bridgehead atoms. The molecule has 0 aliphatic heterocycles. The molecule has 12 aliphatic rings. The summed E-state index contributed by atoms with van der Waals surface area (Å²) in [5, 5.41) is 0. The molecular formula is C68H114Br2N2. The van der Waals surface area contributed by atoms with Crippen LogP contribution >= 0.6 is 31.9 Å². The molecule has 0 aromatic rings. The molecular weight excluding hydrogens is 1000 g/mol. The smallest absolute Gasteiger partial charge is 0.0191 e. The third kappa shape index (κ3) is 11.3. The van der Waals surface area contributed by atoms with Crippen molar-refractivity contribution in [2.75, 3.05) is 0 Å². The number of rotatable bonds is 10. The van der Waals surface area contributed by atoms with E-state index in [0.29, 0.717) is 0 Å². The zero-order chi connectivity index (χ0) is 49.0. The van der Waals surface area contributed by atoms with E-state index in [1.54, 1.807) is 116 Å². The summed E-state index contributed by atoms with van der Waals surface area (Å²) in [4.78, 5) is 8.45. The van der Waals surface area contributed by atoms with Gasteiger partial charge in [-0.2, -0.15) is 0 Å². The standard InChI is InChI=1S/C68H114Br2N2/c1-43-5-13-47(14-6-43)51-21-29-55(30-22-51)71(56-31-23-52(24-32-56)48-15-7-44(2)8-16-48)65-41-63(69)59-38-40-62-66(42-64(70)60-37-39-61(65)67(59)68(60)62)72(57-33-25-53(26-34-57)49-17-9-45(3)10-18-49)58-35-27-54(28-36-58)50-19-11-46(4)12-20-50/h43-68H,5-42H2,1-4H3. The van der Waals surface area contributed by atoms with Crippen molar-refractivity contribution >= 4 is 31.9 Å². The Balaban J connectivity index is 0.802. The zero-order valence-electron chi connectivity index (χ0n) is 47.5. The molecule has 4 heteroatoms. The predicted octanol–water partition coefficient (Wildman–Crippen LogP) is 19.5. The van der Waals surface area contributed by atoms with Gasteiger partial charge in [0.25, 0.3) is 0 Å². The minimum absolute atomic E-state index is 0.730. The molecule has 12 rings (SSSR count). The lowest BCUT2D eigenvalue weighted by molar-refractivity contribution is -0.146. The van der Waals surface area contributed by atoms with E-state index in [9.17, 15) is 0 Å². The van der Waals surface area contributed by atoms with E-state index in [0.717, 1.165) is 152 Å². The van der Waals surface area contributed by atoms with Crippen LogP contribution in [-0.4, -0.2) is 55.7 Å². The Morgan fingerprint density at radius 1 is 0.236 bits per heavy atom. The van der Waals surface area contributed by atoms with Crippen molar-refractivity contribution in [3.05, 3.63) is 0 Å². The van der Waals surface area contributed by atoms with Crippen LogP contribution < -0.4 is 0 Å². The third-order valence-electron chi connectivity index (χ3n) is 27.3. The van der Waals surface area contributed by atoms with Gasteiger partial charge < -0.3 is 0 Å². The summed E-state index contributed by atoms with van der Waals surface area (Å²) in [7, 11) is 0. The molecule has 0 heterocycles. The topological polar surface area (TPSA) is 6.48 Å². The SMILES string of the molecule is CC1CCC(C2CCC(N(C3CCC(C4CCC(C)CC4)CC3)C3CC(Br)C4CCC5C6C(CCC3C46)C(Br)CC5N(C3CCC(C4CCC(C)CC4)CC3)C3CCC(C4CCC(C)CC4)CC3)CC2)CC1. The molecule has 0 saturated heterocycles. The quantitative estimate of drug-likeness (QED) is 0.201. The number of hydrogen-bond acceptors (Lipinski definition) is 2. The molecule has 2 nitrogen and oxygen atoms in total. The molecule has 12 fully saturated rings. The van der Waals surface area contributed by atoms with E-state index in [1.165, 1.54) is 128 Å². The van der Waals surface area contributed by atoms with Gasteiger partial charge in [-0.3, -0.25) is 9.80 Å². The first-order valence-electron chi connectivity index (χ1n) is 34.0. The fourth-order valence-corrected chi connectivity index (χ4v) is 25.1. The molecule has 0 aromatic carbocycles. The van der Waals surface area contributed by atoms with Crippen LogP contribution in [0.3, 0.4) is 0 Å². The first-order chi connectivity index (χ1) is 35.1. The summed E-state index contributed by atoms with van der Waals surface area (Å²) in [5.41, 5.74) is 0. The Morgan fingerprint density at radius 2 is 0.431 bits per heavy atom. The van der Waals surface area contributed by atoms with Crippen molar-refractivity contribution < 1.29 is 0 Å². The maximum Gasteiger partial charge on any atom is 0.0191 e. The Morgan fingerprint density at radius 3 is 0.653 bits per heavy atom. The maximum absolute atomic E-state index is 4.73. The van der Waals surface area contributed by atoms with E-state index in [-0.39, 0.29) is 0 Å². The van der Waals surface area contributed by atoms with E-state index in [2.05, 4.69) is 37.5 Å². The molecule has 410 valence electrons. The lowest BCUT2D eigenvalue weighted by atomic mass is 9.46. The highest BCUT2D eigenvalue weighted by molar-refractivity contribution is 9.09. The van der Waals surface area contributed by atoms with Crippen molar-refractivity contribution in [1.82, 2.24) is 9.80 Å². The molecule has 0 radical (unpaired) electrons. The van der Waals surface area contributed by atoms with Gasteiger partial charge in [-0.1, -0.05) is 111 Å². The predicted molar refractivity (Wildman–Crippen MR) is 313 cm³/mol. The van der Waals surface area contributed by atoms with Crippen molar-refractivity contribution in [3.8, 4) is 0 Å². The van der Waals surface area contributed by atoms with Gasteiger partial charge in [0.15, 0.2) is 0 Å². The van der Waals surface area contributed by atoms with Gasteiger partial charge in [0, 0.05) is 45.9 Å². The van der Waals surface area contributed by atoms with E-state index >= 15 is 0 Å². The van der Waals surface area contributed by atoms with Gasteiger partial charge in [0.1, 0.15) is 0 Å². The molecule has 10 unspecified atom stereocenters. The van der Waals surface area contributed by atoms with Crippen LogP contribution in [0.2, 0.25) is 0 Å². The molecule has 0 N–H and O–H groups in total. The Kier molecular flexibility index (Phi) is 17.8. The number of nitrogens with zero attached hydrogens (tertiary/aromatic N) is 2. The molecule has 72 heavy (non-hydrogen) atoms. The number of alkyl halides is 2. The van der Waals surface area contributed by atoms with E-state index in [4.69, 9.17) is 31.9 Å². The summed E-state index contributed by atoms with van der Waals surface area (Å²) in [6.45, 7) is 10.2. The van der Waals surface area contributed by atoms with Gasteiger partial charge in [-0.25, -0.2) is 0 Å². The van der Waals surface area contributed by atoms with Crippen LogP contribution in [0.4, 0.5) is 0 Å². The normalized spacial score (nSPS) is 52.7. The summed E-state index contributed by atoms with van der Waals surface area (Å²) < 4.78 is 0. The maximum atomic E-state index is 4.73. The average Bonchev–Trinajstić information content (AvgIpc) is 3.41. The Labute approximate surface area is 462 Å². The molecule has 12 aliphatic carbocycles. The van der Waals surface area contributed by atoms with Crippen LogP contribution in [0.15, 0.2) is 0 Å². The fraction of sp³-hybridized carbons (Fsp3) is 1.00. The third-order valence-corrected chi connectivity index (χ3v) is 29.4. The molecule has 0 amide bonds. The molecule has 0 aromatic heterocycles.